The lowest BCUT2D eigenvalue weighted by Gasteiger charge is -2.26. The predicted octanol–water partition coefficient (Wildman–Crippen LogP) is 3.60. The van der Waals surface area contributed by atoms with Crippen LogP contribution in [0.25, 0.3) is 0 Å². The Bertz CT molecular complexity index is 869. The van der Waals surface area contributed by atoms with Crippen molar-refractivity contribution in [2.24, 2.45) is 4.99 Å². The summed E-state index contributed by atoms with van der Waals surface area (Å²) in [7, 11) is 5.67. The van der Waals surface area contributed by atoms with Crippen LogP contribution in [0.15, 0.2) is 47.5 Å². The lowest BCUT2D eigenvalue weighted by atomic mass is 10.1. The van der Waals surface area contributed by atoms with Crippen molar-refractivity contribution in [2.75, 3.05) is 34.5 Å². The van der Waals surface area contributed by atoms with E-state index in [2.05, 4.69) is 37.4 Å². The van der Waals surface area contributed by atoms with Gasteiger partial charge in [-0.3, -0.25) is 4.99 Å². The topological polar surface area (TPSA) is 67.4 Å². The van der Waals surface area contributed by atoms with Gasteiger partial charge in [0.25, 0.3) is 0 Å². The van der Waals surface area contributed by atoms with E-state index < -0.39 is 6.61 Å². The third-order valence-corrected chi connectivity index (χ3v) is 4.71. The third kappa shape index (κ3) is 6.82. The fourth-order valence-corrected chi connectivity index (χ4v) is 3.18. The fraction of sp³-hybridized carbons (Fsp3) is 0.381. The maximum atomic E-state index is 12.8. The van der Waals surface area contributed by atoms with Gasteiger partial charge in [0.05, 0.1) is 6.04 Å². The first-order chi connectivity index (χ1) is 14.5. The molecule has 1 aliphatic rings. The Morgan fingerprint density at radius 2 is 1.81 bits per heavy atom. The number of hydrogen-bond donors (Lipinski definition) is 2. The maximum Gasteiger partial charge on any atom is 0.387 e. The number of ether oxygens (including phenoxy) is 3. The van der Waals surface area contributed by atoms with Gasteiger partial charge in [-0.25, -0.2) is 0 Å². The van der Waals surface area contributed by atoms with E-state index in [4.69, 9.17) is 9.47 Å². The fourth-order valence-electron chi connectivity index (χ4n) is 3.18. The Labute approximate surface area is 197 Å². The van der Waals surface area contributed by atoms with Gasteiger partial charge >= 0.3 is 6.61 Å². The number of likely N-dealkylation sites (N-methyl/N-ethyl adjacent to an activating group) is 1. The number of halogens is 3. The van der Waals surface area contributed by atoms with Crippen molar-refractivity contribution < 1.29 is 23.0 Å². The standard InChI is InChI=1S/C21H26F2N4O3.HI/c1-24-21(26-12-16(27(2)3)14-7-5-4-6-8-14)25-11-15-9-18-19(29-13-28-18)10-17(15)30-20(22)23;/h4-10,16,20H,11-13H2,1-3H3,(H2,24,25,26);1H. The molecule has 1 aliphatic heterocycles. The van der Waals surface area contributed by atoms with Crippen LogP contribution < -0.4 is 24.8 Å². The summed E-state index contributed by atoms with van der Waals surface area (Å²) in [5.41, 5.74) is 1.68. The van der Waals surface area contributed by atoms with Crippen molar-refractivity contribution in [3.63, 3.8) is 0 Å². The van der Waals surface area contributed by atoms with Crippen LogP contribution in [0.3, 0.4) is 0 Å². The highest BCUT2D eigenvalue weighted by Gasteiger charge is 2.20. The van der Waals surface area contributed by atoms with Crippen molar-refractivity contribution in [2.45, 2.75) is 19.2 Å². The summed E-state index contributed by atoms with van der Waals surface area (Å²) >= 11 is 0. The van der Waals surface area contributed by atoms with Gasteiger partial charge in [0.15, 0.2) is 17.5 Å². The number of rotatable bonds is 8. The van der Waals surface area contributed by atoms with E-state index in [0.29, 0.717) is 29.6 Å². The second-order valence-electron chi connectivity index (χ2n) is 6.89. The monoisotopic (exact) mass is 548 g/mol. The molecule has 3 rings (SSSR count). The molecule has 31 heavy (non-hydrogen) atoms. The van der Waals surface area contributed by atoms with Gasteiger partial charge in [-0.1, -0.05) is 30.3 Å². The number of nitrogens with zero attached hydrogens (tertiary/aromatic N) is 2. The first-order valence-corrected chi connectivity index (χ1v) is 9.51. The summed E-state index contributed by atoms with van der Waals surface area (Å²) in [6.45, 7) is -2.06. The van der Waals surface area contributed by atoms with Gasteiger partial charge in [-0.15, -0.1) is 24.0 Å². The molecule has 0 radical (unpaired) electrons. The molecule has 1 heterocycles. The first kappa shape index (κ1) is 24.9. The molecule has 0 bridgehead atoms. The van der Waals surface area contributed by atoms with Crippen molar-refractivity contribution in [1.82, 2.24) is 15.5 Å². The SMILES string of the molecule is CN=C(NCc1cc2c(cc1OC(F)F)OCO2)NCC(c1ccccc1)N(C)C.I. The Hall–Kier alpha value is -2.34. The lowest BCUT2D eigenvalue weighted by molar-refractivity contribution is -0.0505. The van der Waals surface area contributed by atoms with Crippen molar-refractivity contribution in [3.05, 3.63) is 53.6 Å². The van der Waals surface area contributed by atoms with Crippen LogP contribution in [-0.4, -0.2) is 52.0 Å². The Kier molecular flexibility index (Phi) is 9.56. The van der Waals surface area contributed by atoms with Crippen LogP contribution in [0.2, 0.25) is 0 Å². The second kappa shape index (κ2) is 11.9. The maximum absolute atomic E-state index is 12.8. The summed E-state index contributed by atoms with van der Waals surface area (Å²) in [5.74, 6) is 1.45. The normalized spacial score (nSPS) is 13.7. The summed E-state index contributed by atoms with van der Waals surface area (Å²) in [4.78, 5) is 6.34. The van der Waals surface area contributed by atoms with Crippen LogP contribution in [-0.2, 0) is 6.54 Å². The third-order valence-electron chi connectivity index (χ3n) is 4.71. The Morgan fingerprint density at radius 3 is 2.42 bits per heavy atom. The highest BCUT2D eigenvalue weighted by atomic mass is 127. The minimum absolute atomic E-state index is 0. The van der Waals surface area contributed by atoms with Crippen molar-refractivity contribution in [1.29, 1.82) is 0 Å². The molecule has 7 nitrogen and oxygen atoms in total. The van der Waals surface area contributed by atoms with E-state index in [-0.39, 0.29) is 49.1 Å². The zero-order valence-corrected chi connectivity index (χ0v) is 19.9. The van der Waals surface area contributed by atoms with Crippen molar-refractivity contribution in [3.8, 4) is 17.2 Å². The Morgan fingerprint density at radius 1 is 1.13 bits per heavy atom. The van der Waals surface area contributed by atoms with Gasteiger partial charge < -0.3 is 29.7 Å². The average Bonchev–Trinajstić information content (AvgIpc) is 3.17. The number of nitrogens with one attached hydrogen (secondary N) is 2. The van der Waals surface area contributed by atoms with Crippen LogP contribution in [0.5, 0.6) is 17.2 Å². The molecule has 2 aromatic rings. The van der Waals surface area contributed by atoms with Gasteiger partial charge in [0.1, 0.15) is 5.75 Å². The molecule has 0 amide bonds. The van der Waals surface area contributed by atoms with Crippen LogP contribution in [0, 0.1) is 0 Å². The first-order valence-electron chi connectivity index (χ1n) is 9.51. The van der Waals surface area contributed by atoms with Gasteiger partial charge in [0.2, 0.25) is 6.79 Å². The molecule has 2 N–H and O–H groups in total. The van der Waals surface area contributed by atoms with Crippen LogP contribution in [0.4, 0.5) is 8.78 Å². The second-order valence-corrected chi connectivity index (χ2v) is 6.89. The molecule has 0 spiro atoms. The molecular weight excluding hydrogens is 521 g/mol. The van der Waals surface area contributed by atoms with E-state index in [9.17, 15) is 8.78 Å². The van der Waals surface area contributed by atoms with Gasteiger partial charge in [-0.05, 0) is 25.7 Å². The molecule has 2 aromatic carbocycles. The number of hydrogen-bond acceptors (Lipinski definition) is 5. The molecule has 0 aromatic heterocycles. The predicted molar refractivity (Wildman–Crippen MR) is 126 cm³/mol. The number of guanidine groups is 1. The lowest BCUT2D eigenvalue weighted by Crippen LogP contribution is -2.41. The molecule has 1 atom stereocenters. The quantitative estimate of drug-likeness (QED) is 0.299. The molecular formula is C21H27F2IN4O3. The zero-order chi connectivity index (χ0) is 21.5. The number of aliphatic imine (C=N–C) groups is 1. The van der Waals surface area contributed by atoms with E-state index in [1.54, 1.807) is 13.1 Å². The molecule has 0 fully saturated rings. The summed E-state index contributed by atoms with van der Waals surface area (Å²) in [6, 6.07) is 13.3. The average molecular weight is 548 g/mol. The van der Waals surface area contributed by atoms with E-state index in [0.717, 1.165) is 0 Å². The smallest absolute Gasteiger partial charge is 0.387 e. The zero-order valence-electron chi connectivity index (χ0n) is 17.6. The number of benzene rings is 2. The van der Waals surface area contributed by atoms with E-state index >= 15 is 0 Å². The van der Waals surface area contributed by atoms with E-state index in [1.165, 1.54) is 11.6 Å². The van der Waals surface area contributed by atoms with Crippen LogP contribution in [0.1, 0.15) is 17.2 Å². The van der Waals surface area contributed by atoms with Crippen molar-refractivity contribution >= 4 is 29.9 Å². The molecule has 1 unspecified atom stereocenters. The minimum atomic E-state index is -2.94. The van der Waals surface area contributed by atoms with Gasteiger partial charge in [-0.2, -0.15) is 8.78 Å². The largest absolute Gasteiger partial charge is 0.454 e. The summed E-state index contributed by atoms with van der Waals surface area (Å²) in [6.07, 6.45) is 0. The highest BCUT2D eigenvalue weighted by molar-refractivity contribution is 14.0. The summed E-state index contributed by atoms with van der Waals surface area (Å²) < 4.78 is 40.9. The molecule has 0 aliphatic carbocycles. The number of alkyl halides is 2. The molecule has 170 valence electrons. The molecule has 0 saturated carbocycles. The molecule has 0 saturated heterocycles. The Balaban J connectivity index is 0.00000341. The van der Waals surface area contributed by atoms with Crippen LogP contribution >= 0.6 is 24.0 Å². The minimum Gasteiger partial charge on any atom is -0.454 e. The summed E-state index contributed by atoms with van der Waals surface area (Å²) in [5, 5.41) is 6.42. The number of fused-ring (bicyclic) bond motifs is 1. The van der Waals surface area contributed by atoms with E-state index in [1.807, 2.05) is 32.3 Å². The molecule has 10 heteroatoms. The van der Waals surface area contributed by atoms with Gasteiger partial charge in [0, 0.05) is 31.8 Å². The highest BCUT2D eigenvalue weighted by Crippen LogP contribution is 2.38.